The second-order valence-electron chi connectivity index (χ2n) is 9.37. The highest BCUT2D eigenvalue weighted by molar-refractivity contribution is 6.09. The summed E-state index contributed by atoms with van der Waals surface area (Å²) in [4.78, 5) is 12.5. The summed E-state index contributed by atoms with van der Waals surface area (Å²) in [6, 6.07) is 13.2. The Bertz CT molecular complexity index is 1400. The largest absolute Gasteiger partial charge is 0.507 e. The lowest BCUT2D eigenvalue weighted by Crippen LogP contribution is -2.60. The zero-order valence-electron chi connectivity index (χ0n) is 20.6. The molecule has 1 fully saturated rings. The summed E-state index contributed by atoms with van der Waals surface area (Å²) in [6.45, 7) is 1.19. The summed E-state index contributed by atoms with van der Waals surface area (Å²) in [7, 11) is 1.50. The van der Waals surface area contributed by atoms with Crippen molar-refractivity contribution < 1.29 is 49.3 Å². The molecule has 3 aromatic carbocycles. The minimum absolute atomic E-state index is 0.141. The fourth-order valence-corrected chi connectivity index (χ4v) is 4.90. The lowest BCUT2D eigenvalue weighted by Gasteiger charge is -2.39. The Morgan fingerprint density at radius 2 is 1.68 bits per heavy atom. The molecule has 10 nitrogen and oxygen atoms in total. The highest BCUT2D eigenvalue weighted by Gasteiger charge is 2.45. The van der Waals surface area contributed by atoms with Crippen LogP contribution in [0.15, 0.2) is 60.7 Å². The van der Waals surface area contributed by atoms with Crippen LogP contribution in [0.2, 0.25) is 0 Å². The fraction of sp³-hybridized carbons (Fsp3) is 0.321. The van der Waals surface area contributed by atoms with Crippen LogP contribution in [-0.4, -0.2) is 75.7 Å². The molecule has 2 aliphatic rings. The van der Waals surface area contributed by atoms with Gasteiger partial charge in [-0.3, -0.25) is 4.79 Å². The van der Waals surface area contributed by atoms with Crippen LogP contribution in [0, 0.1) is 0 Å². The number of aliphatic hydroxyl groups excluding tert-OH is 4. The van der Waals surface area contributed by atoms with E-state index in [-0.39, 0.29) is 22.8 Å². The lowest BCUT2D eigenvalue weighted by molar-refractivity contribution is -0.277. The third-order valence-electron chi connectivity index (χ3n) is 6.93. The summed E-state index contributed by atoms with van der Waals surface area (Å²) in [5, 5.41) is 51.6. The van der Waals surface area contributed by atoms with E-state index in [9.17, 15) is 30.3 Å². The molecule has 1 aliphatic heterocycles. The first-order valence-corrected chi connectivity index (χ1v) is 12.0. The molecule has 0 radical (unpaired) electrons. The second-order valence-corrected chi connectivity index (χ2v) is 9.37. The fourth-order valence-electron chi connectivity index (χ4n) is 4.90. The van der Waals surface area contributed by atoms with Gasteiger partial charge in [0.05, 0.1) is 24.7 Å². The van der Waals surface area contributed by atoms with Gasteiger partial charge in [-0.1, -0.05) is 24.3 Å². The molecule has 0 spiro atoms. The number of benzene rings is 3. The van der Waals surface area contributed by atoms with Crippen LogP contribution in [0.25, 0.3) is 10.8 Å². The molecule has 5 N–H and O–H groups in total. The van der Waals surface area contributed by atoms with Crippen LogP contribution >= 0.6 is 0 Å². The average molecular weight is 525 g/mol. The first-order chi connectivity index (χ1) is 18.2. The molecule has 0 aromatic heterocycles. The standard InChI is InChI=1S/C28H28O10/c1-28(12-11-17(31)23-15(28)6-4-7-16(23)30)38-20-10-9-18(14-5-3-8-19(35-2)22(14)20)36-27-26(34)25(33)24(32)21(13-29)37-27/h3-12,21,24-27,29-30,32-34H,13H2,1-2H3. The SMILES string of the molecule is COc1cccc2c(OC3OC(CO)C(O)C(O)C3O)ccc(OC3(C)C=CC(=O)c4c(O)cccc43)c12. The predicted octanol–water partition coefficient (Wildman–Crippen LogP) is 1.78. The second kappa shape index (κ2) is 9.90. The maximum atomic E-state index is 12.5. The summed E-state index contributed by atoms with van der Waals surface area (Å²) in [6.07, 6.45) is -4.22. The maximum Gasteiger partial charge on any atom is 0.229 e. The first kappa shape index (κ1) is 26.0. The van der Waals surface area contributed by atoms with Crippen molar-refractivity contribution in [1.82, 2.24) is 0 Å². The lowest BCUT2D eigenvalue weighted by atomic mass is 9.84. The number of phenols is 1. The number of allylic oxidation sites excluding steroid dienone is 1. The molecule has 1 heterocycles. The number of rotatable bonds is 6. The van der Waals surface area contributed by atoms with E-state index in [0.29, 0.717) is 27.8 Å². The Hall–Kier alpha value is -3.67. The van der Waals surface area contributed by atoms with Crippen molar-refractivity contribution in [1.29, 1.82) is 0 Å². The molecular weight excluding hydrogens is 496 g/mol. The molecule has 5 rings (SSSR count). The zero-order valence-corrected chi connectivity index (χ0v) is 20.6. The number of carbonyl (C=O) groups is 1. The monoisotopic (exact) mass is 524 g/mol. The van der Waals surface area contributed by atoms with E-state index < -0.39 is 42.9 Å². The van der Waals surface area contributed by atoms with Crippen LogP contribution < -0.4 is 14.2 Å². The molecule has 6 unspecified atom stereocenters. The van der Waals surface area contributed by atoms with Gasteiger partial charge in [0.25, 0.3) is 0 Å². The Morgan fingerprint density at radius 1 is 0.947 bits per heavy atom. The number of fused-ring (bicyclic) bond motifs is 2. The van der Waals surface area contributed by atoms with Crippen molar-refractivity contribution >= 4 is 16.6 Å². The van der Waals surface area contributed by atoms with Crippen LogP contribution in [0.3, 0.4) is 0 Å². The highest BCUT2D eigenvalue weighted by Crippen LogP contribution is 2.45. The van der Waals surface area contributed by atoms with Crippen LogP contribution in [0.4, 0.5) is 0 Å². The first-order valence-electron chi connectivity index (χ1n) is 12.0. The Morgan fingerprint density at radius 3 is 2.42 bits per heavy atom. The minimum atomic E-state index is -1.59. The van der Waals surface area contributed by atoms with Crippen molar-refractivity contribution in [2.75, 3.05) is 13.7 Å². The highest BCUT2D eigenvalue weighted by atomic mass is 16.7. The van der Waals surface area contributed by atoms with Gasteiger partial charge in [0.2, 0.25) is 6.29 Å². The molecule has 1 saturated heterocycles. The number of hydrogen-bond acceptors (Lipinski definition) is 10. The molecule has 1 aliphatic carbocycles. The zero-order chi connectivity index (χ0) is 27.2. The van der Waals surface area contributed by atoms with Gasteiger partial charge in [-0.2, -0.15) is 0 Å². The number of ether oxygens (including phenoxy) is 4. The van der Waals surface area contributed by atoms with Crippen LogP contribution in [-0.2, 0) is 10.3 Å². The van der Waals surface area contributed by atoms with Crippen molar-refractivity contribution in [3.8, 4) is 23.0 Å². The van der Waals surface area contributed by atoms with E-state index in [0.717, 1.165) is 0 Å². The smallest absolute Gasteiger partial charge is 0.229 e. The van der Waals surface area contributed by atoms with Crippen LogP contribution in [0.5, 0.6) is 23.0 Å². The van der Waals surface area contributed by atoms with E-state index in [1.165, 1.54) is 19.3 Å². The number of phenolic OH excluding ortho intramolecular Hbond substituents is 1. The number of methoxy groups -OCH3 is 1. The number of aliphatic hydroxyl groups is 4. The van der Waals surface area contributed by atoms with Gasteiger partial charge < -0.3 is 44.5 Å². The van der Waals surface area contributed by atoms with Gasteiger partial charge in [-0.25, -0.2) is 0 Å². The summed E-state index contributed by atoms with van der Waals surface area (Å²) in [5.74, 6) is 0.622. The molecule has 3 aromatic rings. The molecule has 0 bridgehead atoms. The Labute approximate surface area is 217 Å². The van der Waals surface area contributed by atoms with E-state index in [4.69, 9.17) is 18.9 Å². The summed E-state index contributed by atoms with van der Waals surface area (Å²) < 4.78 is 23.5. The molecule has 6 atom stereocenters. The van der Waals surface area contributed by atoms with Crippen molar-refractivity contribution in [2.45, 2.75) is 43.2 Å². The van der Waals surface area contributed by atoms with Crippen LogP contribution in [0.1, 0.15) is 22.8 Å². The average Bonchev–Trinajstić information content (AvgIpc) is 2.92. The van der Waals surface area contributed by atoms with E-state index in [2.05, 4.69) is 0 Å². The van der Waals surface area contributed by atoms with E-state index in [1.807, 2.05) is 0 Å². The van der Waals surface area contributed by atoms with Gasteiger partial charge in [0.1, 0.15) is 47.4 Å². The van der Waals surface area contributed by atoms with Crippen molar-refractivity contribution in [2.24, 2.45) is 0 Å². The van der Waals surface area contributed by atoms with Gasteiger partial charge in [-0.15, -0.1) is 0 Å². The van der Waals surface area contributed by atoms with Gasteiger partial charge in [-0.05, 0) is 43.3 Å². The number of ketones is 1. The normalized spacial score (nSPS) is 28.7. The number of aromatic hydroxyl groups is 1. The minimum Gasteiger partial charge on any atom is -0.507 e. The van der Waals surface area contributed by atoms with E-state index in [1.54, 1.807) is 55.5 Å². The molecule has 0 amide bonds. The third-order valence-corrected chi connectivity index (χ3v) is 6.93. The maximum absolute atomic E-state index is 12.5. The summed E-state index contributed by atoms with van der Waals surface area (Å²) >= 11 is 0. The van der Waals surface area contributed by atoms with Crippen molar-refractivity contribution in [3.05, 3.63) is 71.8 Å². The molecule has 200 valence electrons. The topological polar surface area (TPSA) is 155 Å². The number of carbonyl (C=O) groups excluding carboxylic acids is 1. The summed E-state index contributed by atoms with van der Waals surface area (Å²) in [5.41, 5.74) is -0.457. The Balaban J connectivity index is 1.56. The van der Waals surface area contributed by atoms with Gasteiger partial charge >= 0.3 is 0 Å². The molecule has 0 saturated carbocycles. The van der Waals surface area contributed by atoms with Gasteiger partial charge in [0, 0.05) is 10.9 Å². The third kappa shape index (κ3) is 4.26. The molecule has 38 heavy (non-hydrogen) atoms. The van der Waals surface area contributed by atoms with Crippen molar-refractivity contribution in [3.63, 3.8) is 0 Å². The quantitative estimate of drug-likeness (QED) is 0.322. The number of hydrogen-bond donors (Lipinski definition) is 5. The Kier molecular flexibility index (Phi) is 6.76. The van der Waals surface area contributed by atoms with Gasteiger partial charge in [0.15, 0.2) is 11.4 Å². The molecule has 10 heteroatoms. The predicted molar refractivity (Wildman–Crippen MR) is 134 cm³/mol. The molecular formula is C28H28O10. The van der Waals surface area contributed by atoms with E-state index >= 15 is 0 Å².